The van der Waals surface area contributed by atoms with Gasteiger partial charge >= 0.3 is 0 Å². The number of hydrogen-bond acceptors (Lipinski definition) is 3. The van der Waals surface area contributed by atoms with E-state index < -0.39 is 5.92 Å². The highest BCUT2D eigenvalue weighted by molar-refractivity contribution is 5.90. The molecule has 0 aliphatic heterocycles. The number of carbonyl (C=O) groups is 2. The van der Waals surface area contributed by atoms with E-state index in [4.69, 9.17) is 0 Å². The molecule has 0 spiro atoms. The Balaban J connectivity index is 3.93. The molecule has 0 rings (SSSR count). The van der Waals surface area contributed by atoms with Gasteiger partial charge in [0.2, 0.25) is 0 Å². The zero-order chi connectivity index (χ0) is 8.15. The smallest absolute Gasteiger partial charge is 0.255 e. The standard InChI is InChI=1S/C6H11NO3/c1-5(4-8)6(9)7(2)10-3/h4-5H,1-3H3. The van der Waals surface area contributed by atoms with Crippen LogP contribution in [0.5, 0.6) is 0 Å². The van der Waals surface area contributed by atoms with Crippen LogP contribution in [0.25, 0.3) is 0 Å². The van der Waals surface area contributed by atoms with Crippen LogP contribution in [-0.2, 0) is 14.4 Å². The normalized spacial score (nSPS) is 12.3. The van der Waals surface area contributed by atoms with Crippen molar-refractivity contribution in [1.82, 2.24) is 5.06 Å². The Morgan fingerprint density at radius 3 is 2.50 bits per heavy atom. The molecule has 0 radical (unpaired) electrons. The van der Waals surface area contributed by atoms with Crippen molar-refractivity contribution < 1.29 is 14.4 Å². The number of aldehydes is 1. The topological polar surface area (TPSA) is 46.6 Å². The predicted molar refractivity (Wildman–Crippen MR) is 35.0 cm³/mol. The van der Waals surface area contributed by atoms with Crippen LogP contribution in [0.15, 0.2) is 0 Å². The summed E-state index contributed by atoms with van der Waals surface area (Å²) in [6, 6.07) is 0. The first-order valence-electron chi connectivity index (χ1n) is 2.90. The molecule has 0 saturated heterocycles. The average Bonchev–Trinajstić information content (AvgIpc) is 2.00. The second-order valence-corrected chi connectivity index (χ2v) is 1.94. The van der Waals surface area contributed by atoms with Crippen molar-refractivity contribution in [2.24, 2.45) is 5.92 Å². The molecule has 4 heteroatoms. The molecule has 1 atom stereocenters. The van der Waals surface area contributed by atoms with Crippen molar-refractivity contribution in [3.8, 4) is 0 Å². The number of nitrogens with zero attached hydrogens (tertiary/aromatic N) is 1. The summed E-state index contributed by atoms with van der Waals surface area (Å²) >= 11 is 0. The van der Waals surface area contributed by atoms with Gasteiger partial charge in [0.1, 0.15) is 6.29 Å². The number of hydrogen-bond donors (Lipinski definition) is 0. The molecule has 0 aliphatic carbocycles. The SMILES string of the molecule is CON(C)C(=O)C(C)C=O. The fourth-order valence-electron chi connectivity index (χ4n) is 0.435. The zero-order valence-corrected chi connectivity index (χ0v) is 6.33. The summed E-state index contributed by atoms with van der Waals surface area (Å²) in [6.45, 7) is 1.52. The second kappa shape index (κ2) is 4.00. The van der Waals surface area contributed by atoms with E-state index in [9.17, 15) is 9.59 Å². The summed E-state index contributed by atoms with van der Waals surface area (Å²) < 4.78 is 0. The van der Waals surface area contributed by atoms with Crippen LogP contribution in [-0.4, -0.2) is 31.4 Å². The molecule has 0 saturated carbocycles. The van der Waals surface area contributed by atoms with Gasteiger partial charge in [-0.25, -0.2) is 5.06 Å². The van der Waals surface area contributed by atoms with Gasteiger partial charge in [-0.1, -0.05) is 0 Å². The molecule has 0 aromatic carbocycles. The van der Waals surface area contributed by atoms with Gasteiger partial charge < -0.3 is 4.79 Å². The van der Waals surface area contributed by atoms with Crippen LogP contribution in [0.3, 0.4) is 0 Å². The van der Waals surface area contributed by atoms with Crippen molar-refractivity contribution in [3.63, 3.8) is 0 Å². The van der Waals surface area contributed by atoms with Crippen LogP contribution < -0.4 is 0 Å². The Kier molecular flexibility index (Phi) is 3.64. The molecule has 0 heterocycles. The lowest BCUT2D eigenvalue weighted by Gasteiger charge is -2.14. The third kappa shape index (κ3) is 2.14. The minimum atomic E-state index is -0.620. The van der Waals surface area contributed by atoms with Crippen LogP contribution in [0, 0.1) is 5.92 Å². The largest absolute Gasteiger partial charge is 0.303 e. The zero-order valence-electron chi connectivity index (χ0n) is 6.33. The molecule has 0 aromatic heterocycles. The summed E-state index contributed by atoms with van der Waals surface area (Å²) in [7, 11) is 2.83. The maximum atomic E-state index is 10.9. The van der Waals surface area contributed by atoms with E-state index in [-0.39, 0.29) is 5.91 Å². The predicted octanol–water partition coefficient (Wildman–Crippen LogP) is -0.159. The molecule has 58 valence electrons. The maximum absolute atomic E-state index is 10.9. The molecule has 1 amide bonds. The van der Waals surface area contributed by atoms with E-state index in [1.165, 1.54) is 21.1 Å². The van der Waals surface area contributed by atoms with Gasteiger partial charge in [-0.3, -0.25) is 9.63 Å². The van der Waals surface area contributed by atoms with Gasteiger partial charge in [-0.15, -0.1) is 0 Å². The highest BCUT2D eigenvalue weighted by Gasteiger charge is 2.15. The molecule has 0 aliphatic rings. The van der Waals surface area contributed by atoms with E-state index in [1.54, 1.807) is 0 Å². The highest BCUT2D eigenvalue weighted by atomic mass is 16.7. The van der Waals surface area contributed by atoms with Gasteiger partial charge in [0.15, 0.2) is 0 Å². The van der Waals surface area contributed by atoms with Gasteiger partial charge in [0.05, 0.1) is 13.0 Å². The Hall–Kier alpha value is -0.900. The Morgan fingerprint density at radius 1 is 1.70 bits per heavy atom. The van der Waals surface area contributed by atoms with E-state index in [2.05, 4.69) is 4.84 Å². The molecular formula is C6H11NO3. The molecule has 0 fully saturated rings. The van der Waals surface area contributed by atoms with E-state index >= 15 is 0 Å². The molecule has 0 aromatic rings. The fourth-order valence-corrected chi connectivity index (χ4v) is 0.435. The summed E-state index contributed by atoms with van der Waals surface area (Å²) in [5.74, 6) is -0.956. The molecule has 0 N–H and O–H groups in total. The lowest BCUT2D eigenvalue weighted by molar-refractivity contribution is -0.172. The van der Waals surface area contributed by atoms with Crippen LogP contribution in [0.4, 0.5) is 0 Å². The summed E-state index contributed by atoms with van der Waals surface area (Å²) in [4.78, 5) is 25.5. The summed E-state index contributed by atoms with van der Waals surface area (Å²) in [6.07, 6.45) is 0.581. The molecule has 10 heavy (non-hydrogen) atoms. The Bertz CT molecular complexity index is 135. The second-order valence-electron chi connectivity index (χ2n) is 1.94. The third-order valence-corrected chi connectivity index (χ3v) is 1.18. The van der Waals surface area contributed by atoms with Crippen molar-refractivity contribution in [2.75, 3.05) is 14.2 Å². The fraction of sp³-hybridized carbons (Fsp3) is 0.667. The maximum Gasteiger partial charge on any atom is 0.255 e. The Labute approximate surface area is 59.7 Å². The van der Waals surface area contributed by atoms with Crippen LogP contribution >= 0.6 is 0 Å². The van der Waals surface area contributed by atoms with Gasteiger partial charge in [0, 0.05) is 7.05 Å². The van der Waals surface area contributed by atoms with Crippen molar-refractivity contribution in [3.05, 3.63) is 0 Å². The number of amides is 1. The van der Waals surface area contributed by atoms with Crippen LogP contribution in [0.1, 0.15) is 6.92 Å². The van der Waals surface area contributed by atoms with E-state index in [0.29, 0.717) is 6.29 Å². The summed E-state index contributed by atoms with van der Waals surface area (Å²) in [5, 5.41) is 1.03. The first-order chi connectivity index (χ1) is 4.63. The Morgan fingerprint density at radius 2 is 2.20 bits per heavy atom. The van der Waals surface area contributed by atoms with Crippen molar-refractivity contribution >= 4 is 12.2 Å². The van der Waals surface area contributed by atoms with Crippen molar-refractivity contribution in [1.29, 1.82) is 0 Å². The van der Waals surface area contributed by atoms with Gasteiger partial charge in [0.25, 0.3) is 5.91 Å². The van der Waals surface area contributed by atoms with Crippen LogP contribution in [0.2, 0.25) is 0 Å². The van der Waals surface area contributed by atoms with E-state index in [1.807, 2.05) is 0 Å². The molecule has 4 nitrogen and oxygen atoms in total. The van der Waals surface area contributed by atoms with Crippen molar-refractivity contribution in [2.45, 2.75) is 6.92 Å². The average molecular weight is 145 g/mol. The quantitative estimate of drug-likeness (QED) is 0.315. The van der Waals surface area contributed by atoms with Gasteiger partial charge in [-0.05, 0) is 6.92 Å². The first-order valence-corrected chi connectivity index (χ1v) is 2.90. The minimum absolute atomic E-state index is 0.336. The highest BCUT2D eigenvalue weighted by Crippen LogP contribution is 1.95. The van der Waals surface area contributed by atoms with E-state index in [0.717, 1.165) is 5.06 Å². The molecule has 1 unspecified atom stereocenters. The van der Waals surface area contributed by atoms with Gasteiger partial charge in [-0.2, -0.15) is 0 Å². The molecular weight excluding hydrogens is 134 g/mol. The third-order valence-electron chi connectivity index (χ3n) is 1.18. The number of hydroxylamine groups is 2. The molecule has 0 bridgehead atoms. The lowest BCUT2D eigenvalue weighted by Crippen LogP contribution is -2.31. The minimum Gasteiger partial charge on any atom is -0.303 e. The summed E-state index contributed by atoms with van der Waals surface area (Å²) in [5.41, 5.74) is 0. The first kappa shape index (κ1) is 9.10. The monoisotopic (exact) mass is 145 g/mol. The number of carbonyl (C=O) groups excluding carboxylic acids is 2. The lowest BCUT2D eigenvalue weighted by atomic mass is 10.2. The number of rotatable bonds is 3.